The molecule has 0 aliphatic rings. The molecule has 19 heavy (non-hydrogen) atoms. The topological polar surface area (TPSA) is 45.2 Å². The molecule has 0 atom stereocenters. The molecule has 1 N–H and O–H groups in total. The van der Waals surface area contributed by atoms with E-state index in [0.29, 0.717) is 6.54 Å². The quantitative estimate of drug-likeness (QED) is 0.933. The Morgan fingerprint density at radius 2 is 2.26 bits per heavy atom. The van der Waals surface area contributed by atoms with Gasteiger partial charge in [-0.25, -0.2) is 4.98 Å². The van der Waals surface area contributed by atoms with Gasteiger partial charge >= 0.3 is 0 Å². The van der Waals surface area contributed by atoms with Gasteiger partial charge in [0.2, 0.25) is 0 Å². The molecule has 0 spiro atoms. The molecule has 1 aromatic carbocycles. The lowest BCUT2D eigenvalue weighted by Gasteiger charge is -2.17. The summed E-state index contributed by atoms with van der Waals surface area (Å²) in [6.07, 6.45) is 0. The third kappa shape index (κ3) is 3.12. The van der Waals surface area contributed by atoms with Crippen LogP contribution < -0.4 is 5.32 Å². The van der Waals surface area contributed by atoms with Crippen molar-refractivity contribution in [1.29, 1.82) is 0 Å². The number of thiazole rings is 1. The number of nitrogens with zero attached hydrogens (tertiary/aromatic N) is 2. The molecule has 5 heteroatoms. The Morgan fingerprint density at radius 3 is 2.84 bits per heavy atom. The first-order valence-corrected chi connectivity index (χ1v) is 6.97. The van der Waals surface area contributed by atoms with E-state index in [0.717, 1.165) is 22.5 Å². The maximum Gasteiger partial charge on any atom is 0.254 e. The number of amides is 1. The zero-order valence-electron chi connectivity index (χ0n) is 11.3. The van der Waals surface area contributed by atoms with Gasteiger partial charge in [0.05, 0.1) is 17.7 Å². The number of benzene rings is 1. The summed E-state index contributed by atoms with van der Waals surface area (Å²) in [5.74, 6) is 0.0214. The Morgan fingerprint density at radius 1 is 1.47 bits per heavy atom. The summed E-state index contributed by atoms with van der Waals surface area (Å²) in [5.41, 5.74) is 5.42. The van der Waals surface area contributed by atoms with Gasteiger partial charge in [-0.15, -0.1) is 11.3 Å². The van der Waals surface area contributed by atoms with E-state index in [9.17, 15) is 4.79 Å². The zero-order valence-corrected chi connectivity index (χ0v) is 12.1. The molecule has 4 nitrogen and oxygen atoms in total. The largest absolute Gasteiger partial charge is 0.388 e. The molecule has 0 bridgehead atoms. The Kier molecular flexibility index (Phi) is 4.16. The minimum atomic E-state index is 0.0214. The van der Waals surface area contributed by atoms with Crippen LogP contribution in [0.4, 0.5) is 5.69 Å². The minimum absolute atomic E-state index is 0.0214. The molecule has 1 amide bonds. The number of nitrogens with one attached hydrogen (secondary N) is 1. The highest BCUT2D eigenvalue weighted by Crippen LogP contribution is 2.17. The fraction of sp³-hybridized carbons (Fsp3) is 0.286. The Hall–Kier alpha value is -1.88. The van der Waals surface area contributed by atoms with Crippen LogP contribution in [-0.2, 0) is 6.54 Å². The summed E-state index contributed by atoms with van der Waals surface area (Å²) < 4.78 is 0. The number of anilines is 1. The van der Waals surface area contributed by atoms with Crippen molar-refractivity contribution in [2.45, 2.75) is 13.5 Å². The monoisotopic (exact) mass is 275 g/mol. The SMILES string of the molecule is CNc1ccc(C(=O)N(C)Cc2cscn2)c(C)c1. The first kappa shape index (κ1) is 13.5. The summed E-state index contributed by atoms with van der Waals surface area (Å²) in [6.45, 7) is 2.49. The van der Waals surface area contributed by atoms with E-state index < -0.39 is 0 Å². The molecule has 0 radical (unpaired) electrons. The average molecular weight is 275 g/mol. The van der Waals surface area contributed by atoms with Crippen LogP contribution in [0, 0.1) is 6.92 Å². The van der Waals surface area contributed by atoms with E-state index in [1.54, 1.807) is 17.5 Å². The molecule has 100 valence electrons. The van der Waals surface area contributed by atoms with Gasteiger partial charge in [0, 0.05) is 30.7 Å². The van der Waals surface area contributed by atoms with Gasteiger partial charge in [-0.3, -0.25) is 4.79 Å². The third-order valence-corrected chi connectivity index (χ3v) is 3.61. The smallest absolute Gasteiger partial charge is 0.254 e. The van der Waals surface area contributed by atoms with Crippen LogP contribution in [0.15, 0.2) is 29.1 Å². The maximum atomic E-state index is 12.4. The molecule has 2 rings (SSSR count). The van der Waals surface area contributed by atoms with Crippen LogP contribution in [0.25, 0.3) is 0 Å². The molecule has 0 fully saturated rings. The van der Waals surface area contributed by atoms with Gasteiger partial charge < -0.3 is 10.2 Å². The van der Waals surface area contributed by atoms with Gasteiger partial charge in [0.25, 0.3) is 5.91 Å². The van der Waals surface area contributed by atoms with Crippen molar-refractivity contribution in [3.05, 3.63) is 45.9 Å². The van der Waals surface area contributed by atoms with Crippen molar-refractivity contribution in [2.75, 3.05) is 19.4 Å². The average Bonchev–Trinajstić information content (AvgIpc) is 2.90. The third-order valence-electron chi connectivity index (χ3n) is 2.97. The molecule has 0 saturated carbocycles. The second-order valence-corrected chi connectivity index (χ2v) is 5.14. The van der Waals surface area contributed by atoms with E-state index in [1.807, 2.05) is 37.6 Å². The normalized spacial score (nSPS) is 10.3. The summed E-state index contributed by atoms with van der Waals surface area (Å²) in [4.78, 5) is 18.3. The number of rotatable bonds is 4. The van der Waals surface area contributed by atoms with Crippen molar-refractivity contribution in [3.63, 3.8) is 0 Å². The summed E-state index contributed by atoms with van der Waals surface area (Å²) in [7, 11) is 3.66. The van der Waals surface area contributed by atoms with E-state index in [4.69, 9.17) is 0 Å². The van der Waals surface area contributed by atoms with Gasteiger partial charge in [0.15, 0.2) is 0 Å². The molecular formula is C14H17N3OS. The molecule has 0 unspecified atom stereocenters. The summed E-state index contributed by atoms with van der Waals surface area (Å²) in [6, 6.07) is 5.75. The number of aryl methyl sites for hydroxylation is 1. The van der Waals surface area contributed by atoms with E-state index in [-0.39, 0.29) is 5.91 Å². The minimum Gasteiger partial charge on any atom is -0.388 e. The molecule has 0 saturated heterocycles. The second-order valence-electron chi connectivity index (χ2n) is 4.42. The molecule has 0 aliphatic carbocycles. The van der Waals surface area contributed by atoms with Gasteiger partial charge in [-0.05, 0) is 30.7 Å². The Bertz CT molecular complexity index is 566. The lowest BCUT2D eigenvalue weighted by Crippen LogP contribution is -2.27. The standard InChI is InChI=1S/C14H17N3OS/c1-10-6-11(15-2)4-5-13(10)14(18)17(3)7-12-8-19-9-16-12/h4-6,8-9,15H,7H2,1-3H3. The number of hydrogen-bond acceptors (Lipinski definition) is 4. The fourth-order valence-corrected chi connectivity index (χ4v) is 2.44. The zero-order chi connectivity index (χ0) is 13.8. The highest BCUT2D eigenvalue weighted by molar-refractivity contribution is 7.07. The molecule has 1 heterocycles. The van der Waals surface area contributed by atoms with Crippen LogP contribution in [-0.4, -0.2) is 29.9 Å². The van der Waals surface area contributed by atoms with Gasteiger partial charge in [0.1, 0.15) is 0 Å². The fourth-order valence-electron chi connectivity index (χ4n) is 1.90. The van der Waals surface area contributed by atoms with Crippen LogP contribution in [0.5, 0.6) is 0 Å². The van der Waals surface area contributed by atoms with E-state index in [1.165, 1.54) is 11.3 Å². The highest BCUT2D eigenvalue weighted by atomic mass is 32.1. The number of carbonyl (C=O) groups excluding carboxylic acids is 1. The second kappa shape index (κ2) is 5.84. The van der Waals surface area contributed by atoms with Crippen molar-refractivity contribution in [1.82, 2.24) is 9.88 Å². The predicted octanol–water partition coefficient (Wildman–Crippen LogP) is 2.77. The van der Waals surface area contributed by atoms with E-state index in [2.05, 4.69) is 10.3 Å². The number of carbonyl (C=O) groups is 1. The number of hydrogen-bond donors (Lipinski definition) is 1. The van der Waals surface area contributed by atoms with Crippen molar-refractivity contribution < 1.29 is 4.79 Å². The van der Waals surface area contributed by atoms with Crippen LogP contribution in [0.1, 0.15) is 21.6 Å². The number of aromatic nitrogens is 1. The molecule has 2 aromatic rings. The molecular weight excluding hydrogens is 258 g/mol. The van der Waals surface area contributed by atoms with Crippen molar-refractivity contribution in [3.8, 4) is 0 Å². The van der Waals surface area contributed by atoms with Gasteiger partial charge in [-0.1, -0.05) is 0 Å². The lowest BCUT2D eigenvalue weighted by atomic mass is 10.1. The molecule has 0 aliphatic heterocycles. The van der Waals surface area contributed by atoms with Crippen LogP contribution in [0.3, 0.4) is 0 Å². The maximum absolute atomic E-state index is 12.4. The molecule has 1 aromatic heterocycles. The van der Waals surface area contributed by atoms with Crippen molar-refractivity contribution in [2.24, 2.45) is 0 Å². The summed E-state index contributed by atoms with van der Waals surface area (Å²) >= 11 is 1.54. The lowest BCUT2D eigenvalue weighted by molar-refractivity contribution is 0.0783. The van der Waals surface area contributed by atoms with Crippen LogP contribution >= 0.6 is 11.3 Å². The van der Waals surface area contributed by atoms with Crippen LogP contribution in [0.2, 0.25) is 0 Å². The van der Waals surface area contributed by atoms with E-state index >= 15 is 0 Å². The first-order valence-electron chi connectivity index (χ1n) is 6.02. The Balaban J connectivity index is 2.14. The van der Waals surface area contributed by atoms with Crippen molar-refractivity contribution >= 4 is 22.9 Å². The Labute approximate surface area is 117 Å². The summed E-state index contributed by atoms with van der Waals surface area (Å²) in [5, 5.41) is 5.03. The van der Waals surface area contributed by atoms with Gasteiger partial charge in [-0.2, -0.15) is 0 Å². The predicted molar refractivity (Wildman–Crippen MR) is 78.6 cm³/mol. The highest BCUT2D eigenvalue weighted by Gasteiger charge is 2.15. The first-order chi connectivity index (χ1) is 9.11.